The molecule has 0 fully saturated rings. The third kappa shape index (κ3) is 3.86. The Labute approximate surface area is 176 Å². The number of nitrogens with one attached hydrogen (secondary N) is 1. The van der Waals surface area contributed by atoms with Crippen LogP contribution in [0.5, 0.6) is 0 Å². The molecule has 0 radical (unpaired) electrons. The molecule has 1 atom stereocenters. The van der Waals surface area contributed by atoms with Crippen molar-refractivity contribution in [3.63, 3.8) is 0 Å². The van der Waals surface area contributed by atoms with Crippen molar-refractivity contribution in [2.24, 2.45) is 5.73 Å². The van der Waals surface area contributed by atoms with Crippen LogP contribution in [-0.2, 0) is 10.5 Å². The predicted molar refractivity (Wildman–Crippen MR) is 111 cm³/mol. The highest BCUT2D eigenvalue weighted by Gasteiger charge is 2.33. The molecule has 1 aromatic heterocycles. The standard InChI is InChI=1S/C20H17ClFN5OS/c1-11-16(18(23)28)17(12-6-8-14(21)9-7-12)27-19(24-11)25-20(26-27)29-10-13-4-2-3-5-15(13)22/h2-9,17H,10H2,1H3,(H2,23,28)(H,24,25,26). The molecule has 9 heteroatoms. The molecule has 1 aliphatic heterocycles. The first-order valence-electron chi connectivity index (χ1n) is 8.80. The van der Waals surface area contributed by atoms with E-state index in [0.717, 1.165) is 5.56 Å². The van der Waals surface area contributed by atoms with Crippen LogP contribution in [0.4, 0.5) is 10.3 Å². The fourth-order valence-electron chi connectivity index (χ4n) is 3.22. The van der Waals surface area contributed by atoms with Gasteiger partial charge in [-0.1, -0.05) is 53.7 Å². The van der Waals surface area contributed by atoms with Crippen LogP contribution in [0.2, 0.25) is 5.02 Å². The SMILES string of the molecule is CC1=C(C(N)=O)C(c2ccc(Cl)cc2)n2nc(SCc3ccccc3F)nc2N1. The molecule has 148 valence electrons. The van der Waals surface area contributed by atoms with Gasteiger partial charge in [0, 0.05) is 16.5 Å². The van der Waals surface area contributed by atoms with Gasteiger partial charge >= 0.3 is 0 Å². The maximum atomic E-state index is 13.9. The van der Waals surface area contributed by atoms with E-state index in [1.54, 1.807) is 41.9 Å². The van der Waals surface area contributed by atoms with Gasteiger partial charge < -0.3 is 11.1 Å². The number of hydrogen-bond donors (Lipinski definition) is 2. The number of hydrogen-bond acceptors (Lipinski definition) is 5. The van der Waals surface area contributed by atoms with Crippen molar-refractivity contribution in [3.8, 4) is 0 Å². The van der Waals surface area contributed by atoms with Gasteiger partial charge in [-0.25, -0.2) is 9.07 Å². The summed E-state index contributed by atoms with van der Waals surface area (Å²) in [4.78, 5) is 16.7. The highest BCUT2D eigenvalue weighted by atomic mass is 35.5. The lowest BCUT2D eigenvalue weighted by atomic mass is 9.95. The van der Waals surface area contributed by atoms with E-state index in [1.807, 2.05) is 12.1 Å². The van der Waals surface area contributed by atoms with E-state index in [1.165, 1.54) is 17.8 Å². The lowest BCUT2D eigenvalue weighted by molar-refractivity contribution is -0.115. The van der Waals surface area contributed by atoms with E-state index in [0.29, 0.717) is 38.7 Å². The van der Waals surface area contributed by atoms with Crippen molar-refractivity contribution in [2.75, 3.05) is 5.32 Å². The van der Waals surface area contributed by atoms with E-state index >= 15 is 0 Å². The topological polar surface area (TPSA) is 85.8 Å². The molecule has 0 spiro atoms. The number of carbonyl (C=O) groups excluding carboxylic acids is 1. The Bertz CT molecular complexity index is 1110. The fourth-order valence-corrected chi connectivity index (χ4v) is 4.16. The van der Waals surface area contributed by atoms with Gasteiger partial charge in [-0.2, -0.15) is 4.98 Å². The quantitative estimate of drug-likeness (QED) is 0.595. The summed E-state index contributed by atoms with van der Waals surface area (Å²) in [6.07, 6.45) is 0. The molecular weight excluding hydrogens is 413 g/mol. The first kappa shape index (κ1) is 19.5. The van der Waals surface area contributed by atoms with Crippen molar-refractivity contribution < 1.29 is 9.18 Å². The average molecular weight is 430 g/mol. The maximum Gasteiger partial charge on any atom is 0.248 e. The number of benzene rings is 2. The molecule has 0 aliphatic carbocycles. The number of nitrogens with two attached hydrogens (primary N) is 1. The smallest absolute Gasteiger partial charge is 0.248 e. The molecule has 4 rings (SSSR count). The molecule has 1 amide bonds. The molecule has 29 heavy (non-hydrogen) atoms. The van der Waals surface area contributed by atoms with Crippen LogP contribution in [-0.4, -0.2) is 20.7 Å². The number of anilines is 1. The average Bonchev–Trinajstić information content (AvgIpc) is 3.09. The number of rotatable bonds is 5. The van der Waals surface area contributed by atoms with Gasteiger partial charge in [-0.3, -0.25) is 4.79 Å². The summed E-state index contributed by atoms with van der Waals surface area (Å²) in [7, 11) is 0. The second-order valence-electron chi connectivity index (χ2n) is 6.52. The summed E-state index contributed by atoms with van der Waals surface area (Å²) in [6, 6.07) is 13.2. The van der Waals surface area contributed by atoms with Gasteiger partial charge in [-0.15, -0.1) is 5.10 Å². The first-order valence-corrected chi connectivity index (χ1v) is 10.2. The summed E-state index contributed by atoms with van der Waals surface area (Å²) >= 11 is 7.32. The minimum Gasteiger partial charge on any atom is -0.366 e. The number of aromatic nitrogens is 3. The molecule has 3 N–H and O–H groups in total. The Morgan fingerprint density at radius 3 is 2.69 bits per heavy atom. The van der Waals surface area contributed by atoms with Crippen molar-refractivity contribution >= 4 is 35.2 Å². The minimum absolute atomic E-state index is 0.269. The molecule has 3 aromatic rings. The van der Waals surface area contributed by atoms with E-state index in [2.05, 4.69) is 15.4 Å². The van der Waals surface area contributed by atoms with Crippen LogP contribution >= 0.6 is 23.4 Å². The second-order valence-corrected chi connectivity index (χ2v) is 7.90. The summed E-state index contributed by atoms with van der Waals surface area (Å²) in [6.45, 7) is 1.77. The Hall–Kier alpha value is -2.84. The lowest BCUT2D eigenvalue weighted by Crippen LogP contribution is -2.31. The van der Waals surface area contributed by atoms with E-state index in [9.17, 15) is 9.18 Å². The van der Waals surface area contributed by atoms with Crippen LogP contribution in [0.25, 0.3) is 0 Å². The van der Waals surface area contributed by atoms with Crippen LogP contribution < -0.4 is 11.1 Å². The van der Waals surface area contributed by atoms with Crippen LogP contribution in [0.15, 0.2) is 65.0 Å². The molecule has 0 saturated carbocycles. The number of nitrogens with zero attached hydrogens (tertiary/aromatic N) is 3. The summed E-state index contributed by atoms with van der Waals surface area (Å²) < 4.78 is 15.5. The predicted octanol–water partition coefficient (Wildman–Crippen LogP) is 4.14. The van der Waals surface area contributed by atoms with Gasteiger partial charge in [0.2, 0.25) is 17.0 Å². The van der Waals surface area contributed by atoms with Gasteiger partial charge in [0.1, 0.15) is 11.9 Å². The Balaban J connectivity index is 1.69. The maximum absolute atomic E-state index is 13.9. The second kappa shape index (κ2) is 7.88. The van der Waals surface area contributed by atoms with Crippen LogP contribution in [0.1, 0.15) is 24.1 Å². The Morgan fingerprint density at radius 1 is 1.28 bits per heavy atom. The van der Waals surface area contributed by atoms with Crippen LogP contribution in [0.3, 0.4) is 0 Å². The molecule has 1 unspecified atom stereocenters. The number of fused-ring (bicyclic) bond motifs is 1. The van der Waals surface area contributed by atoms with E-state index in [4.69, 9.17) is 17.3 Å². The molecule has 0 bridgehead atoms. The summed E-state index contributed by atoms with van der Waals surface area (Å²) in [5.41, 5.74) is 8.05. The zero-order valence-electron chi connectivity index (χ0n) is 15.4. The molecule has 6 nitrogen and oxygen atoms in total. The Morgan fingerprint density at radius 2 is 2.00 bits per heavy atom. The van der Waals surface area contributed by atoms with Crippen molar-refractivity contribution in [2.45, 2.75) is 23.9 Å². The zero-order valence-corrected chi connectivity index (χ0v) is 17.0. The number of thioether (sulfide) groups is 1. The van der Waals surface area contributed by atoms with Gasteiger partial charge in [-0.05, 0) is 36.2 Å². The van der Waals surface area contributed by atoms with Crippen molar-refractivity contribution in [1.82, 2.24) is 14.8 Å². The fraction of sp³-hybridized carbons (Fsp3) is 0.150. The minimum atomic E-state index is -0.545. The first-order chi connectivity index (χ1) is 13.9. The molecule has 1 aliphatic rings. The third-order valence-corrected chi connectivity index (χ3v) is 5.74. The monoisotopic (exact) mass is 429 g/mol. The number of halogens is 2. The van der Waals surface area contributed by atoms with Crippen molar-refractivity contribution in [3.05, 3.63) is 81.8 Å². The molecule has 0 saturated heterocycles. The zero-order chi connectivity index (χ0) is 20.5. The van der Waals surface area contributed by atoms with E-state index in [-0.39, 0.29) is 5.82 Å². The number of allylic oxidation sites excluding steroid dienone is 1. The highest BCUT2D eigenvalue weighted by Crippen LogP contribution is 2.36. The van der Waals surface area contributed by atoms with Crippen molar-refractivity contribution in [1.29, 1.82) is 0 Å². The van der Waals surface area contributed by atoms with Gasteiger partial charge in [0.15, 0.2) is 0 Å². The van der Waals surface area contributed by atoms with Crippen LogP contribution in [0, 0.1) is 5.82 Å². The number of primary amides is 1. The molecular formula is C20H17ClFN5OS. The summed E-state index contributed by atoms with van der Waals surface area (Å²) in [5, 5.41) is 8.69. The number of carbonyl (C=O) groups is 1. The van der Waals surface area contributed by atoms with E-state index < -0.39 is 11.9 Å². The Kier molecular flexibility index (Phi) is 5.29. The third-order valence-electron chi connectivity index (χ3n) is 4.60. The summed E-state index contributed by atoms with van der Waals surface area (Å²) in [5.74, 6) is 0.0615. The largest absolute Gasteiger partial charge is 0.366 e. The van der Waals surface area contributed by atoms with Gasteiger partial charge in [0.25, 0.3) is 0 Å². The molecule has 2 heterocycles. The molecule has 2 aromatic carbocycles. The highest BCUT2D eigenvalue weighted by molar-refractivity contribution is 7.98. The van der Waals surface area contributed by atoms with Gasteiger partial charge in [0.05, 0.1) is 5.57 Å². The number of amides is 1. The normalized spacial score (nSPS) is 15.8. The lowest BCUT2D eigenvalue weighted by Gasteiger charge is -2.27.